The first-order valence-electron chi connectivity index (χ1n) is 7.03. The number of hydrogen-bond donors (Lipinski definition) is 0. The number of rotatable bonds is 5. The second-order valence-electron chi connectivity index (χ2n) is 4.88. The van der Waals surface area contributed by atoms with Crippen molar-refractivity contribution in [2.75, 3.05) is 18.1 Å². The van der Waals surface area contributed by atoms with E-state index < -0.39 is 0 Å². The third kappa shape index (κ3) is 2.66. The molecule has 0 aromatic carbocycles. The first-order valence-corrected chi connectivity index (χ1v) is 7.03. The number of pyridine rings is 1. The predicted molar refractivity (Wildman–Crippen MR) is 79.5 cm³/mol. The number of aromatic nitrogens is 3. The average molecular weight is 269 g/mol. The molecule has 5 nitrogen and oxygen atoms in total. The lowest BCUT2D eigenvalue weighted by Gasteiger charge is -2.20. The zero-order valence-electron chi connectivity index (χ0n) is 11.7. The Kier molecular flexibility index (Phi) is 3.67. The van der Waals surface area contributed by atoms with Crippen LogP contribution in [0.3, 0.4) is 0 Å². The zero-order chi connectivity index (χ0) is 13.8. The molecule has 3 rings (SSSR count). The van der Waals surface area contributed by atoms with Crippen LogP contribution in [0.25, 0.3) is 5.82 Å². The molecule has 104 valence electrons. The van der Waals surface area contributed by atoms with Crippen LogP contribution in [0.2, 0.25) is 0 Å². The quantitative estimate of drug-likeness (QED) is 0.836. The first kappa shape index (κ1) is 12.7. The molecular formula is C15H19N5. The number of unbranched alkanes of at least 4 members (excludes halogenated alkanes) is 1. The highest BCUT2D eigenvalue weighted by Crippen LogP contribution is 2.18. The van der Waals surface area contributed by atoms with Crippen molar-refractivity contribution in [3.8, 4) is 5.82 Å². The van der Waals surface area contributed by atoms with Gasteiger partial charge in [-0.15, -0.1) is 0 Å². The Morgan fingerprint density at radius 2 is 2.05 bits per heavy atom. The normalized spacial score (nSPS) is 14.2. The van der Waals surface area contributed by atoms with Crippen molar-refractivity contribution in [2.45, 2.75) is 19.8 Å². The van der Waals surface area contributed by atoms with Gasteiger partial charge in [-0.3, -0.25) is 0 Å². The molecule has 0 unspecified atom stereocenters. The molecule has 1 aliphatic heterocycles. The first-order chi connectivity index (χ1) is 9.86. The Labute approximate surface area is 119 Å². The Bertz CT molecular complexity index is 576. The van der Waals surface area contributed by atoms with Crippen LogP contribution in [0, 0.1) is 0 Å². The van der Waals surface area contributed by atoms with Gasteiger partial charge < -0.3 is 9.80 Å². The highest BCUT2D eigenvalue weighted by atomic mass is 15.4. The van der Waals surface area contributed by atoms with Crippen molar-refractivity contribution >= 4 is 5.82 Å². The molecule has 3 heterocycles. The number of nitrogens with zero attached hydrogens (tertiary/aromatic N) is 5. The molecule has 0 atom stereocenters. The van der Waals surface area contributed by atoms with Gasteiger partial charge in [-0.05, 0) is 24.6 Å². The molecule has 0 bridgehead atoms. The zero-order valence-corrected chi connectivity index (χ0v) is 11.7. The average Bonchev–Trinajstić information content (AvgIpc) is 3.17. The lowest BCUT2D eigenvalue weighted by Crippen LogP contribution is -2.26. The molecule has 0 saturated heterocycles. The maximum absolute atomic E-state index is 4.66. The lowest BCUT2D eigenvalue weighted by atomic mass is 10.3. The minimum Gasteiger partial charge on any atom is -0.358 e. The van der Waals surface area contributed by atoms with Crippen molar-refractivity contribution < 1.29 is 0 Å². The van der Waals surface area contributed by atoms with Crippen LogP contribution < -0.4 is 4.90 Å². The van der Waals surface area contributed by atoms with Crippen molar-refractivity contribution in [2.24, 2.45) is 0 Å². The summed E-state index contributed by atoms with van der Waals surface area (Å²) >= 11 is 0. The Hall–Kier alpha value is -2.30. The molecule has 5 heteroatoms. The van der Waals surface area contributed by atoms with Gasteiger partial charge in [-0.2, -0.15) is 5.10 Å². The number of anilines is 1. The molecule has 0 amide bonds. The Balaban J connectivity index is 1.73. The Morgan fingerprint density at radius 3 is 2.85 bits per heavy atom. The van der Waals surface area contributed by atoms with Gasteiger partial charge in [-0.1, -0.05) is 19.4 Å². The van der Waals surface area contributed by atoms with Crippen molar-refractivity contribution in [1.29, 1.82) is 0 Å². The maximum Gasteiger partial charge on any atom is 0.155 e. The minimum atomic E-state index is 0.841. The summed E-state index contributed by atoms with van der Waals surface area (Å²) in [7, 11) is 0. The smallest absolute Gasteiger partial charge is 0.155 e. The van der Waals surface area contributed by atoms with E-state index in [0.717, 1.165) is 24.8 Å². The van der Waals surface area contributed by atoms with E-state index in [4.69, 9.17) is 0 Å². The summed E-state index contributed by atoms with van der Waals surface area (Å²) in [5, 5.41) is 4.22. The van der Waals surface area contributed by atoms with Gasteiger partial charge in [0.1, 0.15) is 5.82 Å². The monoisotopic (exact) mass is 269 g/mol. The van der Waals surface area contributed by atoms with Crippen LogP contribution in [0.15, 0.2) is 49.1 Å². The fraction of sp³-hybridized carbons (Fsp3) is 0.333. The summed E-state index contributed by atoms with van der Waals surface area (Å²) in [5.74, 6) is 1.79. The molecule has 0 N–H and O–H groups in total. The van der Waals surface area contributed by atoms with E-state index in [2.05, 4.69) is 39.2 Å². The van der Waals surface area contributed by atoms with Crippen LogP contribution in [0.1, 0.15) is 19.8 Å². The molecule has 0 aliphatic carbocycles. The summed E-state index contributed by atoms with van der Waals surface area (Å²) in [6.45, 7) is 4.19. The van der Waals surface area contributed by atoms with E-state index in [9.17, 15) is 0 Å². The van der Waals surface area contributed by atoms with E-state index in [1.807, 2.05) is 30.5 Å². The van der Waals surface area contributed by atoms with E-state index in [0.29, 0.717) is 0 Å². The molecule has 0 spiro atoms. The molecule has 0 saturated carbocycles. The summed E-state index contributed by atoms with van der Waals surface area (Å²) in [4.78, 5) is 9.13. The lowest BCUT2D eigenvalue weighted by molar-refractivity contribution is 0.395. The molecular weight excluding hydrogens is 250 g/mol. The van der Waals surface area contributed by atoms with E-state index >= 15 is 0 Å². The van der Waals surface area contributed by atoms with Crippen molar-refractivity contribution in [3.05, 3.63) is 49.1 Å². The van der Waals surface area contributed by atoms with Crippen molar-refractivity contribution in [3.63, 3.8) is 0 Å². The fourth-order valence-electron chi connectivity index (χ4n) is 2.22. The third-order valence-electron chi connectivity index (χ3n) is 3.34. The third-order valence-corrected chi connectivity index (χ3v) is 3.34. The topological polar surface area (TPSA) is 37.2 Å². The maximum atomic E-state index is 4.66. The highest BCUT2D eigenvalue weighted by molar-refractivity contribution is 5.46. The van der Waals surface area contributed by atoms with Gasteiger partial charge >= 0.3 is 0 Å². The predicted octanol–water partition coefficient (Wildman–Crippen LogP) is 2.62. The largest absolute Gasteiger partial charge is 0.358 e. The molecule has 2 aromatic rings. The van der Waals surface area contributed by atoms with E-state index in [-0.39, 0.29) is 0 Å². The summed E-state index contributed by atoms with van der Waals surface area (Å²) in [6, 6.07) is 7.91. The number of hydrogen-bond acceptors (Lipinski definition) is 4. The summed E-state index contributed by atoms with van der Waals surface area (Å²) in [5.41, 5.74) is 0. The van der Waals surface area contributed by atoms with Gasteiger partial charge in [0, 0.05) is 31.3 Å². The second-order valence-corrected chi connectivity index (χ2v) is 4.88. The van der Waals surface area contributed by atoms with Gasteiger partial charge in [-0.25, -0.2) is 9.67 Å². The van der Waals surface area contributed by atoms with Crippen LogP contribution in [0.4, 0.5) is 5.82 Å². The van der Waals surface area contributed by atoms with Crippen molar-refractivity contribution in [1.82, 2.24) is 19.7 Å². The summed E-state index contributed by atoms with van der Waals surface area (Å²) < 4.78 is 1.78. The fourth-order valence-corrected chi connectivity index (χ4v) is 2.22. The summed E-state index contributed by atoms with van der Waals surface area (Å²) in [6.07, 6.45) is 10.3. The van der Waals surface area contributed by atoms with Crippen LogP contribution in [-0.4, -0.2) is 32.9 Å². The Morgan fingerprint density at radius 1 is 1.15 bits per heavy atom. The molecule has 0 radical (unpaired) electrons. The standard InChI is InChI=1S/C15H19N5/c1-2-3-9-18-11-12-19(13-18)14-6-4-7-15(17-14)20-10-5-8-16-20/h4-8,10-12H,2-3,9,13H2,1H3. The highest BCUT2D eigenvalue weighted by Gasteiger charge is 2.14. The van der Waals surface area contributed by atoms with Gasteiger partial charge in [0.25, 0.3) is 0 Å². The second kappa shape index (κ2) is 5.77. The van der Waals surface area contributed by atoms with Gasteiger partial charge in [0.05, 0.1) is 6.67 Å². The molecule has 1 aliphatic rings. The van der Waals surface area contributed by atoms with Gasteiger partial charge in [0.15, 0.2) is 5.82 Å². The minimum absolute atomic E-state index is 0.841. The molecule has 0 fully saturated rings. The SMILES string of the molecule is CCCCN1C=CN(c2cccc(-n3cccn3)n2)C1. The van der Waals surface area contributed by atoms with Crippen LogP contribution in [-0.2, 0) is 0 Å². The van der Waals surface area contributed by atoms with Crippen LogP contribution >= 0.6 is 0 Å². The van der Waals surface area contributed by atoms with E-state index in [1.165, 1.54) is 12.8 Å². The molecule has 2 aromatic heterocycles. The molecule has 20 heavy (non-hydrogen) atoms. The van der Waals surface area contributed by atoms with E-state index in [1.54, 1.807) is 10.9 Å². The van der Waals surface area contributed by atoms with Gasteiger partial charge in [0.2, 0.25) is 0 Å². The van der Waals surface area contributed by atoms with Crippen LogP contribution in [0.5, 0.6) is 0 Å².